The molecule has 2 amide bonds. The molecular formula is C27H26F3N3O7. The molecule has 1 heterocycles. The first-order valence-electron chi connectivity index (χ1n) is 11.9. The van der Waals surface area contributed by atoms with E-state index in [-0.39, 0.29) is 24.3 Å². The maximum Gasteiger partial charge on any atom is 0.416 e. The fourth-order valence-corrected chi connectivity index (χ4v) is 3.70. The van der Waals surface area contributed by atoms with Crippen molar-refractivity contribution in [3.05, 3.63) is 100.0 Å². The second kappa shape index (κ2) is 13.4. The van der Waals surface area contributed by atoms with Gasteiger partial charge in [-0.3, -0.25) is 14.9 Å². The number of nitrogens with zero attached hydrogens (tertiary/aromatic N) is 1. The Morgan fingerprint density at radius 3 is 2.38 bits per heavy atom. The number of carbonyl (C=O) groups is 3. The van der Waals surface area contributed by atoms with Crippen LogP contribution in [0.4, 0.5) is 23.7 Å². The first-order valence-corrected chi connectivity index (χ1v) is 11.9. The largest absolute Gasteiger partial charge is 0.465 e. The Morgan fingerprint density at radius 1 is 1.00 bits per heavy atom. The van der Waals surface area contributed by atoms with Crippen molar-refractivity contribution >= 4 is 23.7 Å². The van der Waals surface area contributed by atoms with Gasteiger partial charge in [0.2, 0.25) is 5.91 Å². The summed E-state index contributed by atoms with van der Waals surface area (Å²) in [4.78, 5) is 49.2. The lowest BCUT2D eigenvalue weighted by Gasteiger charge is -2.26. The molecule has 1 aromatic heterocycles. The molecule has 13 heteroatoms. The summed E-state index contributed by atoms with van der Waals surface area (Å²) in [6.45, 7) is -0.913. The SMILES string of the molecule is COC(=O)c1cccc(COC(=O)Nc2cccn(CC(=O)NC(Cc3ccccc3)C(O)C(F)(F)F)c2=O)c1. The molecule has 0 bridgehead atoms. The molecule has 2 aromatic carbocycles. The number of methoxy groups -OCH3 is 1. The molecule has 3 N–H and O–H groups in total. The van der Waals surface area contributed by atoms with Crippen molar-refractivity contribution in [2.45, 2.75) is 37.9 Å². The van der Waals surface area contributed by atoms with Crippen molar-refractivity contribution in [3.63, 3.8) is 0 Å². The molecule has 10 nitrogen and oxygen atoms in total. The Bertz CT molecular complexity index is 1390. The Balaban J connectivity index is 1.64. The fraction of sp³-hybridized carbons (Fsp3) is 0.259. The second-order valence-corrected chi connectivity index (χ2v) is 8.60. The molecule has 2 atom stereocenters. The van der Waals surface area contributed by atoms with E-state index in [1.165, 1.54) is 37.6 Å². The van der Waals surface area contributed by atoms with Gasteiger partial charge in [0.15, 0.2) is 6.10 Å². The summed E-state index contributed by atoms with van der Waals surface area (Å²) < 4.78 is 50.3. The molecule has 0 aliphatic heterocycles. The van der Waals surface area contributed by atoms with Gasteiger partial charge in [0.1, 0.15) is 18.8 Å². The maximum absolute atomic E-state index is 13.2. The van der Waals surface area contributed by atoms with Gasteiger partial charge in [-0.2, -0.15) is 13.2 Å². The molecule has 0 radical (unpaired) electrons. The standard InChI is InChI=1S/C27H26F3N3O7/c1-39-25(37)19-10-5-9-18(13-19)16-40-26(38)32-20-11-6-12-33(24(20)36)15-22(34)31-21(23(35)27(28,29)30)14-17-7-3-2-4-8-17/h2-13,21,23,35H,14-16H2,1H3,(H,31,34)(H,32,38). The number of anilines is 1. The van der Waals surface area contributed by atoms with E-state index in [2.05, 4.69) is 15.4 Å². The predicted molar refractivity (Wildman–Crippen MR) is 136 cm³/mol. The van der Waals surface area contributed by atoms with Crippen molar-refractivity contribution in [1.29, 1.82) is 0 Å². The molecule has 3 rings (SSSR count). The van der Waals surface area contributed by atoms with Crippen LogP contribution >= 0.6 is 0 Å². The van der Waals surface area contributed by atoms with Gasteiger partial charge in [-0.25, -0.2) is 9.59 Å². The first-order chi connectivity index (χ1) is 19.0. The highest BCUT2D eigenvalue weighted by molar-refractivity contribution is 5.89. The average Bonchev–Trinajstić information content (AvgIpc) is 2.93. The number of pyridine rings is 1. The fourth-order valence-electron chi connectivity index (χ4n) is 3.70. The number of nitrogens with one attached hydrogen (secondary N) is 2. The van der Waals surface area contributed by atoms with E-state index in [9.17, 15) is 37.5 Å². The number of aliphatic hydroxyl groups excluding tert-OH is 1. The Hall–Kier alpha value is -4.65. The number of amides is 2. The molecule has 3 aromatic rings. The zero-order valence-corrected chi connectivity index (χ0v) is 21.2. The van der Waals surface area contributed by atoms with Crippen LogP contribution in [0.2, 0.25) is 0 Å². The number of aliphatic hydroxyl groups is 1. The lowest BCUT2D eigenvalue weighted by molar-refractivity contribution is -0.212. The Labute approximate surface area is 226 Å². The van der Waals surface area contributed by atoms with Crippen LogP contribution < -0.4 is 16.2 Å². The monoisotopic (exact) mass is 561 g/mol. The Morgan fingerprint density at radius 2 is 1.70 bits per heavy atom. The van der Waals surface area contributed by atoms with Crippen molar-refractivity contribution in [3.8, 4) is 0 Å². The summed E-state index contributed by atoms with van der Waals surface area (Å²) in [5, 5.41) is 14.2. The number of aromatic nitrogens is 1. The van der Waals surface area contributed by atoms with Crippen LogP contribution in [0.3, 0.4) is 0 Å². The summed E-state index contributed by atoms with van der Waals surface area (Å²) >= 11 is 0. The number of alkyl halides is 3. The lowest BCUT2D eigenvalue weighted by Crippen LogP contribution is -2.52. The smallest absolute Gasteiger partial charge is 0.416 e. The third kappa shape index (κ3) is 8.43. The van der Waals surface area contributed by atoms with E-state index in [0.29, 0.717) is 11.1 Å². The van der Waals surface area contributed by atoms with Crippen LogP contribution in [0, 0.1) is 0 Å². The van der Waals surface area contributed by atoms with Gasteiger partial charge in [0.05, 0.1) is 18.7 Å². The topological polar surface area (TPSA) is 136 Å². The number of esters is 1. The van der Waals surface area contributed by atoms with Crippen LogP contribution in [0.25, 0.3) is 0 Å². The number of ether oxygens (including phenoxy) is 2. The maximum atomic E-state index is 13.2. The number of hydrogen-bond donors (Lipinski definition) is 3. The summed E-state index contributed by atoms with van der Waals surface area (Å²) in [6, 6.07) is 15.0. The van der Waals surface area contributed by atoms with E-state index in [4.69, 9.17) is 4.74 Å². The minimum Gasteiger partial charge on any atom is -0.465 e. The number of hydrogen-bond acceptors (Lipinski definition) is 7. The molecule has 0 aliphatic rings. The van der Waals surface area contributed by atoms with Crippen molar-refractivity contribution in [1.82, 2.24) is 9.88 Å². The van der Waals surface area contributed by atoms with Gasteiger partial charge < -0.3 is 24.5 Å². The van der Waals surface area contributed by atoms with Gasteiger partial charge >= 0.3 is 18.2 Å². The number of benzene rings is 2. The van der Waals surface area contributed by atoms with Gasteiger partial charge in [-0.15, -0.1) is 0 Å². The minimum atomic E-state index is -4.99. The third-order valence-corrected chi connectivity index (χ3v) is 5.65. The zero-order valence-electron chi connectivity index (χ0n) is 21.2. The Kier molecular flexibility index (Phi) is 10.0. The summed E-state index contributed by atoms with van der Waals surface area (Å²) in [5.41, 5.74) is 0.112. The molecule has 212 valence electrons. The second-order valence-electron chi connectivity index (χ2n) is 8.60. The number of rotatable bonds is 10. The van der Waals surface area contributed by atoms with E-state index in [0.717, 1.165) is 4.57 Å². The molecule has 0 aliphatic carbocycles. The van der Waals surface area contributed by atoms with Crippen LogP contribution in [-0.4, -0.2) is 53.1 Å². The summed E-state index contributed by atoms with van der Waals surface area (Å²) in [5.74, 6) is -1.53. The molecular weight excluding hydrogens is 535 g/mol. The highest BCUT2D eigenvalue weighted by Crippen LogP contribution is 2.24. The minimum absolute atomic E-state index is 0.232. The average molecular weight is 562 g/mol. The highest BCUT2D eigenvalue weighted by atomic mass is 19.4. The van der Waals surface area contributed by atoms with Crippen molar-refractivity contribution in [2.75, 3.05) is 12.4 Å². The quantitative estimate of drug-likeness (QED) is 0.324. The number of carbonyl (C=O) groups excluding carboxylic acids is 3. The number of halogens is 3. The molecule has 0 spiro atoms. The van der Waals surface area contributed by atoms with E-state index >= 15 is 0 Å². The van der Waals surface area contributed by atoms with Gasteiger partial charge in [0, 0.05) is 6.20 Å². The summed E-state index contributed by atoms with van der Waals surface area (Å²) in [6.07, 6.45) is -7.93. The summed E-state index contributed by atoms with van der Waals surface area (Å²) in [7, 11) is 1.23. The molecule has 0 saturated carbocycles. The van der Waals surface area contributed by atoms with Crippen LogP contribution in [0.1, 0.15) is 21.5 Å². The van der Waals surface area contributed by atoms with E-state index < -0.39 is 48.4 Å². The van der Waals surface area contributed by atoms with Gasteiger partial charge in [-0.1, -0.05) is 42.5 Å². The molecule has 40 heavy (non-hydrogen) atoms. The molecule has 2 unspecified atom stereocenters. The molecule has 0 saturated heterocycles. The van der Waals surface area contributed by atoms with E-state index in [1.807, 2.05) is 0 Å². The van der Waals surface area contributed by atoms with Crippen LogP contribution in [0.5, 0.6) is 0 Å². The molecule has 0 fully saturated rings. The highest BCUT2D eigenvalue weighted by Gasteiger charge is 2.44. The zero-order chi connectivity index (χ0) is 29.3. The van der Waals surface area contributed by atoms with Gasteiger partial charge in [-0.05, 0) is 41.8 Å². The first kappa shape index (κ1) is 29.9. The third-order valence-electron chi connectivity index (χ3n) is 5.65. The van der Waals surface area contributed by atoms with Crippen molar-refractivity contribution < 1.29 is 42.1 Å². The van der Waals surface area contributed by atoms with Crippen LogP contribution in [0.15, 0.2) is 77.7 Å². The van der Waals surface area contributed by atoms with E-state index in [1.54, 1.807) is 42.5 Å². The normalized spacial score (nSPS) is 12.6. The van der Waals surface area contributed by atoms with Crippen LogP contribution in [-0.2, 0) is 33.8 Å². The van der Waals surface area contributed by atoms with Crippen molar-refractivity contribution in [2.24, 2.45) is 0 Å². The van der Waals surface area contributed by atoms with Gasteiger partial charge in [0.25, 0.3) is 5.56 Å². The predicted octanol–water partition coefficient (Wildman–Crippen LogP) is 3.03. The lowest BCUT2D eigenvalue weighted by atomic mass is 10.0.